The van der Waals surface area contributed by atoms with Gasteiger partial charge in [-0.3, -0.25) is 0 Å². The van der Waals surface area contributed by atoms with Crippen LogP contribution >= 0.6 is 11.3 Å². The second kappa shape index (κ2) is 5.40. The second-order valence-corrected chi connectivity index (χ2v) is 5.15. The van der Waals surface area contributed by atoms with E-state index in [4.69, 9.17) is 4.74 Å². The van der Waals surface area contributed by atoms with E-state index in [1.165, 1.54) is 0 Å². The molecule has 1 aliphatic carbocycles. The van der Waals surface area contributed by atoms with Crippen molar-refractivity contribution in [1.29, 1.82) is 0 Å². The molecule has 1 heterocycles. The van der Waals surface area contributed by atoms with Crippen molar-refractivity contribution in [2.24, 2.45) is 0 Å². The van der Waals surface area contributed by atoms with Crippen molar-refractivity contribution in [3.63, 3.8) is 0 Å². The standard InChI is InChI=1S/C10H14F3N3OS/c1-14-6-4-2-3-5-7(6)17-9-16-15-8(18-9)10(11,12)13/h6-7,14H,2-5H2,1H3. The highest BCUT2D eigenvalue weighted by Crippen LogP contribution is 2.35. The molecule has 1 saturated carbocycles. The fourth-order valence-electron chi connectivity index (χ4n) is 2.07. The molecule has 1 N–H and O–H groups in total. The molecular weight excluding hydrogens is 267 g/mol. The van der Waals surface area contributed by atoms with E-state index >= 15 is 0 Å². The van der Waals surface area contributed by atoms with Gasteiger partial charge in [0.2, 0.25) is 5.01 Å². The molecular formula is C10H14F3N3OS. The quantitative estimate of drug-likeness (QED) is 0.924. The van der Waals surface area contributed by atoms with E-state index in [0.29, 0.717) is 11.3 Å². The zero-order chi connectivity index (χ0) is 13.2. The van der Waals surface area contributed by atoms with Crippen molar-refractivity contribution in [3.05, 3.63) is 5.01 Å². The van der Waals surface area contributed by atoms with Crippen LogP contribution in [0.2, 0.25) is 0 Å². The summed E-state index contributed by atoms with van der Waals surface area (Å²) in [6, 6.07) is 0.164. The first-order valence-corrected chi connectivity index (χ1v) is 6.57. The predicted octanol–water partition coefficient (Wildman–Crippen LogP) is 2.47. The predicted molar refractivity (Wildman–Crippen MR) is 60.6 cm³/mol. The average Bonchev–Trinajstić information content (AvgIpc) is 2.78. The van der Waals surface area contributed by atoms with Crippen LogP contribution in [0.25, 0.3) is 0 Å². The van der Waals surface area contributed by atoms with Crippen molar-refractivity contribution in [1.82, 2.24) is 15.5 Å². The van der Waals surface area contributed by atoms with Crippen LogP contribution in [-0.2, 0) is 6.18 Å². The van der Waals surface area contributed by atoms with Gasteiger partial charge in [0.05, 0.1) is 0 Å². The Bertz CT molecular complexity index is 396. The lowest BCUT2D eigenvalue weighted by molar-refractivity contribution is -0.138. The molecule has 2 unspecified atom stereocenters. The number of hydrogen-bond donors (Lipinski definition) is 1. The Labute approximate surface area is 107 Å². The van der Waals surface area contributed by atoms with Crippen LogP contribution in [0.1, 0.15) is 30.7 Å². The summed E-state index contributed by atoms with van der Waals surface area (Å²) in [7, 11) is 1.83. The van der Waals surface area contributed by atoms with Crippen LogP contribution in [0.4, 0.5) is 13.2 Å². The van der Waals surface area contributed by atoms with Crippen molar-refractivity contribution in [2.75, 3.05) is 7.05 Å². The third-order valence-electron chi connectivity index (χ3n) is 2.97. The summed E-state index contributed by atoms with van der Waals surface area (Å²) in [5.74, 6) is 0. The molecule has 2 atom stereocenters. The molecule has 1 fully saturated rings. The molecule has 0 bridgehead atoms. The third kappa shape index (κ3) is 3.11. The van der Waals surface area contributed by atoms with E-state index in [-0.39, 0.29) is 17.3 Å². The summed E-state index contributed by atoms with van der Waals surface area (Å²) in [6.45, 7) is 0. The van der Waals surface area contributed by atoms with Crippen molar-refractivity contribution < 1.29 is 17.9 Å². The maximum atomic E-state index is 12.4. The van der Waals surface area contributed by atoms with Crippen molar-refractivity contribution in [3.8, 4) is 5.19 Å². The molecule has 0 aromatic carbocycles. The summed E-state index contributed by atoms with van der Waals surface area (Å²) < 4.78 is 42.6. The summed E-state index contributed by atoms with van der Waals surface area (Å²) in [6.07, 6.45) is -0.659. The molecule has 4 nitrogen and oxygen atoms in total. The van der Waals surface area contributed by atoms with Gasteiger partial charge in [-0.1, -0.05) is 22.9 Å². The highest BCUT2D eigenvalue weighted by molar-refractivity contribution is 7.13. The maximum absolute atomic E-state index is 12.4. The Morgan fingerprint density at radius 2 is 2.00 bits per heavy atom. The minimum absolute atomic E-state index is 0.00512. The Hall–Kier alpha value is -0.890. The van der Waals surface area contributed by atoms with Crippen LogP contribution in [0, 0.1) is 0 Å². The van der Waals surface area contributed by atoms with Crippen molar-refractivity contribution in [2.45, 2.75) is 44.0 Å². The topological polar surface area (TPSA) is 47.0 Å². The highest BCUT2D eigenvalue weighted by atomic mass is 32.1. The first kappa shape index (κ1) is 13.5. The number of likely N-dealkylation sites (N-methyl/N-ethyl adjacent to an activating group) is 1. The van der Waals surface area contributed by atoms with Gasteiger partial charge in [-0.15, -0.1) is 5.10 Å². The molecule has 0 radical (unpaired) electrons. The van der Waals surface area contributed by atoms with Gasteiger partial charge in [-0.25, -0.2) is 0 Å². The molecule has 1 aliphatic rings. The third-order valence-corrected chi connectivity index (χ3v) is 3.83. The van der Waals surface area contributed by atoms with Crippen molar-refractivity contribution >= 4 is 11.3 Å². The van der Waals surface area contributed by atoms with Gasteiger partial charge in [-0.2, -0.15) is 13.2 Å². The summed E-state index contributed by atoms with van der Waals surface area (Å²) in [5.41, 5.74) is 0. The lowest BCUT2D eigenvalue weighted by Gasteiger charge is -2.30. The number of nitrogens with one attached hydrogen (secondary N) is 1. The van der Waals surface area contributed by atoms with Gasteiger partial charge in [-0.05, 0) is 26.3 Å². The lowest BCUT2D eigenvalue weighted by Crippen LogP contribution is -2.43. The molecule has 2 rings (SSSR count). The summed E-state index contributed by atoms with van der Waals surface area (Å²) >= 11 is 0.449. The van der Waals surface area contributed by atoms with E-state index < -0.39 is 11.2 Å². The van der Waals surface area contributed by atoms with Crippen LogP contribution < -0.4 is 10.1 Å². The fraction of sp³-hybridized carbons (Fsp3) is 0.800. The zero-order valence-electron chi connectivity index (χ0n) is 9.83. The SMILES string of the molecule is CNC1CCCCC1Oc1nnc(C(F)(F)F)s1. The number of ether oxygens (including phenoxy) is 1. The Balaban J connectivity index is 2.02. The number of hydrogen-bond acceptors (Lipinski definition) is 5. The maximum Gasteiger partial charge on any atom is 0.445 e. The molecule has 1 aromatic rings. The van der Waals surface area contributed by atoms with E-state index in [9.17, 15) is 13.2 Å². The Morgan fingerprint density at radius 1 is 1.28 bits per heavy atom. The van der Waals surface area contributed by atoms with Gasteiger partial charge in [0.25, 0.3) is 5.19 Å². The molecule has 0 saturated heterocycles. The van der Waals surface area contributed by atoms with E-state index in [0.717, 1.165) is 25.7 Å². The lowest BCUT2D eigenvalue weighted by atomic mass is 9.93. The van der Waals surface area contributed by atoms with E-state index in [1.807, 2.05) is 7.05 Å². The van der Waals surface area contributed by atoms with Crippen LogP contribution in [0.15, 0.2) is 0 Å². The Kier molecular flexibility index (Phi) is 4.06. The minimum atomic E-state index is -4.45. The average molecular weight is 281 g/mol. The van der Waals surface area contributed by atoms with Gasteiger partial charge in [0.1, 0.15) is 6.10 Å². The molecule has 0 spiro atoms. The summed E-state index contributed by atoms with van der Waals surface area (Å²) in [5, 5.41) is 8.70. The monoisotopic (exact) mass is 281 g/mol. The molecule has 1 aromatic heterocycles. The minimum Gasteiger partial charge on any atom is -0.464 e. The Morgan fingerprint density at radius 3 is 2.61 bits per heavy atom. The molecule has 102 valence electrons. The normalized spacial score (nSPS) is 25.1. The van der Waals surface area contributed by atoms with Crippen LogP contribution in [0.5, 0.6) is 5.19 Å². The van der Waals surface area contributed by atoms with Gasteiger partial charge < -0.3 is 10.1 Å². The van der Waals surface area contributed by atoms with Gasteiger partial charge in [0.15, 0.2) is 0 Å². The number of aromatic nitrogens is 2. The van der Waals surface area contributed by atoms with E-state index in [2.05, 4.69) is 15.5 Å². The highest BCUT2D eigenvalue weighted by Gasteiger charge is 2.36. The number of alkyl halides is 3. The second-order valence-electron chi connectivity index (χ2n) is 4.21. The van der Waals surface area contributed by atoms with Crippen LogP contribution in [-0.4, -0.2) is 29.4 Å². The first-order valence-electron chi connectivity index (χ1n) is 5.75. The van der Waals surface area contributed by atoms with Crippen LogP contribution in [0.3, 0.4) is 0 Å². The first-order chi connectivity index (χ1) is 8.50. The molecule has 18 heavy (non-hydrogen) atoms. The van der Waals surface area contributed by atoms with E-state index in [1.54, 1.807) is 0 Å². The number of nitrogens with zero attached hydrogens (tertiary/aromatic N) is 2. The van der Waals surface area contributed by atoms with Gasteiger partial charge >= 0.3 is 6.18 Å². The zero-order valence-corrected chi connectivity index (χ0v) is 10.6. The molecule has 0 aliphatic heterocycles. The number of rotatable bonds is 3. The molecule has 8 heteroatoms. The molecule has 0 amide bonds. The largest absolute Gasteiger partial charge is 0.464 e. The van der Waals surface area contributed by atoms with Gasteiger partial charge in [0, 0.05) is 6.04 Å². The summed E-state index contributed by atoms with van der Waals surface area (Å²) in [4.78, 5) is 0. The fourth-order valence-corrected chi connectivity index (χ4v) is 2.69. The smallest absolute Gasteiger partial charge is 0.445 e. The number of halogens is 3.